The molecule has 2 aromatic heterocycles. The number of fused-ring (bicyclic) bond motifs is 1. The van der Waals surface area contributed by atoms with Crippen LogP contribution in [0.4, 0.5) is 4.39 Å². The number of aromatic nitrogens is 3. The second kappa shape index (κ2) is 7.94. The first kappa shape index (κ1) is 19.6. The third kappa shape index (κ3) is 4.00. The predicted octanol–water partition coefficient (Wildman–Crippen LogP) is 3.35. The van der Waals surface area contributed by atoms with E-state index in [9.17, 15) is 14.0 Å². The van der Waals surface area contributed by atoms with E-state index in [0.29, 0.717) is 29.9 Å². The van der Waals surface area contributed by atoms with Crippen LogP contribution in [0, 0.1) is 19.7 Å². The Hall–Kier alpha value is -3.74. The number of amides is 1. The van der Waals surface area contributed by atoms with Crippen molar-refractivity contribution in [1.82, 2.24) is 19.5 Å². The van der Waals surface area contributed by atoms with Gasteiger partial charge in [0.05, 0.1) is 5.69 Å². The molecule has 0 saturated carbocycles. The van der Waals surface area contributed by atoms with Crippen LogP contribution >= 0.6 is 0 Å². The molecule has 0 saturated heterocycles. The van der Waals surface area contributed by atoms with Crippen LogP contribution < -0.4 is 10.9 Å². The number of nitrogens with zero attached hydrogens (tertiary/aromatic N) is 3. The van der Waals surface area contributed by atoms with Crippen LogP contribution in [0.2, 0.25) is 0 Å². The molecule has 0 aliphatic carbocycles. The molecule has 0 radical (unpaired) electrons. The van der Waals surface area contributed by atoms with E-state index in [1.54, 1.807) is 30.6 Å². The Morgan fingerprint density at radius 3 is 2.43 bits per heavy atom. The maximum atomic E-state index is 13.1. The smallest absolute Gasteiger partial charge is 0.276 e. The number of aryl methyl sites for hydroxylation is 2. The molecule has 1 amide bonds. The second-order valence-electron chi connectivity index (χ2n) is 7.30. The second-order valence-corrected chi connectivity index (χ2v) is 7.30. The van der Waals surface area contributed by atoms with Crippen LogP contribution in [-0.4, -0.2) is 26.6 Å². The summed E-state index contributed by atoms with van der Waals surface area (Å²) in [7, 11) is 0. The van der Waals surface area contributed by atoms with Crippen molar-refractivity contribution in [3.05, 3.63) is 93.8 Å². The van der Waals surface area contributed by atoms with Crippen LogP contribution in [0.3, 0.4) is 0 Å². The highest BCUT2D eigenvalue weighted by atomic mass is 19.1. The summed E-state index contributed by atoms with van der Waals surface area (Å²) < 4.78 is 16.2. The molecule has 6 nitrogen and oxygen atoms in total. The van der Waals surface area contributed by atoms with Gasteiger partial charge in [0.1, 0.15) is 11.3 Å². The van der Waals surface area contributed by atoms with Crippen molar-refractivity contribution in [3.8, 4) is 11.3 Å². The molecular formula is C23H21FN4O2. The number of carbonyl (C=O) groups is 1. The Balaban J connectivity index is 1.49. The van der Waals surface area contributed by atoms with Crippen molar-refractivity contribution in [3.63, 3.8) is 0 Å². The van der Waals surface area contributed by atoms with Gasteiger partial charge in [-0.2, -0.15) is 5.10 Å². The summed E-state index contributed by atoms with van der Waals surface area (Å²) in [4.78, 5) is 25.2. The number of hydrogen-bond acceptors (Lipinski definition) is 3. The lowest BCUT2D eigenvalue weighted by Gasteiger charge is -2.09. The molecular weight excluding hydrogens is 383 g/mol. The van der Waals surface area contributed by atoms with E-state index >= 15 is 0 Å². The molecule has 0 fully saturated rings. The van der Waals surface area contributed by atoms with E-state index in [4.69, 9.17) is 0 Å². The summed E-state index contributed by atoms with van der Waals surface area (Å²) in [5, 5.41) is 7.25. The Bertz CT molecular complexity index is 1270. The lowest BCUT2D eigenvalue weighted by Crippen LogP contribution is -2.31. The highest BCUT2D eigenvalue weighted by Gasteiger charge is 2.10. The van der Waals surface area contributed by atoms with Gasteiger partial charge in [0, 0.05) is 36.6 Å². The van der Waals surface area contributed by atoms with Crippen molar-refractivity contribution >= 4 is 11.4 Å². The number of carbonyl (C=O) groups excluding carboxylic acids is 1. The van der Waals surface area contributed by atoms with Gasteiger partial charge in [0.25, 0.3) is 11.5 Å². The zero-order valence-electron chi connectivity index (χ0n) is 16.7. The molecule has 0 bridgehead atoms. The summed E-state index contributed by atoms with van der Waals surface area (Å²) in [6.07, 6.45) is 3.33. The first-order chi connectivity index (χ1) is 14.4. The highest BCUT2D eigenvalue weighted by molar-refractivity contribution is 5.94. The van der Waals surface area contributed by atoms with Crippen molar-refractivity contribution < 1.29 is 9.18 Å². The minimum absolute atomic E-state index is 0.168. The zero-order chi connectivity index (χ0) is 21.3. The standard InChI is InChI=1S/C23H21FN4O2/c1-15-11-16(2)13-18(12-15)22(29)25-7-8-27-9-10-28-21(23(27)30)14-20(26-28)17-3-5-19(24)6-4-17/h3-6,9-14H,7-8H2,1-2H3,(H,25,29). The summed E-state index contributed by atoms with van der Waals surface area (Å²) in [5.41, 5.74) is 4.19. The fourth-order valence-electron chi connectivity index (χ4n) is 3.46. The Morgan fingerprint density at radius 1 is 1.03 bits per heavy atom. The summed E-state index contributed by atoms with van der Waals surface area (Å²) in [6.45, 7) is 4.55. The number of rotatable bonds is 5. The zero-order valence-corrected chi connectivity index (χ0v) is 16.7. The number of benzene rings is 2. The molecule has 0 aliphatic rings. The van der Waals surface area contributed by atoms with E-state index < -0.39 is 0 Å². The van der Waals surface area contributed by atoms with Gasteiger partial charge in [0.15, 0.2) is 0 Å². The van der Waals surface area contributed by atoms with E-state index in [2.05, 4.69) is 10.4 Å². The molecule has 0 atom stereocenters. The van der Waals surface area contributed by atoms with Crippen molar-refractivity contribution in [1.29, 1.82) is 0 Å². The van der Waals surface area contributed by atoms with Crippen LogP contribution in [0.5, 0.6) is 0 Å². The molecule has 0 spiro atoms. The average Bonchev–Trinajstić information content (AvgIpc) is 3.14. The van der Waals surface area contributed by atoms with E-state index in [1.165, 1.54) is 21.2 Å². The van der Waals surface area contributed by atoms with Gasteiger partial charge in [-0.25, -0.2) is 8.91 Å². The van der Waals surface area contributed by atoms with Gasteiger partial charge < -0.3 is 9.88 Å². The molecule has 4 rings (SSSR count). The third-order valence-electron chi connectivity index (χ3n) is 4.87. The predicted molar refractivity (Wildman–Crippen MR) is 113 cm³/mol. The fourth-order valence-corrected chi connectivity index (χ4v) is 3.46. The molecule has 4 aromatic rings. The molecule has 2 aromatic carbocycles. The summed E-state index contributed by atoms with van der Waals surface area (Å²) >= 11 is 0. The van der Waals surface area contributed by atoms with Gasteiger partial charge in [-0.3, -0.25) is 9.59 Å². The van der Waals surface area contributed by atoms with Crippen LogP contribution in [0.25, 0.3) is 16.8 Å². The SMILES string of the molecule is Cc1cc(C)cc(C(=O)NCCn2ccn3nc(-c4ccc(F)cc4)cc3c2=O)c1. The maximum absolute atomic E-state index is 13.1. The Morgan fingerprint density at radius 2 is 1.73 bits per heavy atom. The largest absolute Gasteiger partial charge is 0.350 e. The van der Waals surface area contributed by atoms with E-state index in [-0.39, 0.29) is 17.3 Å². The molecule has 1 N–H and O–H groups in total. The highest BCUT2D eigenvalue weighted by Crippen LogP contribution is 2.18. The monoisotopic (exact) mass is 404 g/mol. The van der Waals surface area contributed by atoms with Gasteiger partial charge in [-0.05, 0) is 56.3 Å². The van der Waals surface area contributed by atoms with Gasteiger partial charge in [-0.15, -0.1) is 0 Å². The Labute approximate surface area is 172 Å². The van der Waals surface area contributed by atoms with E-state index in [1.807, 2.05) is 32.0 Å². The number of halogens is 1. The lowest BCUT2D eigenvalue weighted by atomic mass is 10.1. The third-order valence-corrected chi connectivity index (χ3v) is 4.87. The minimum Gasteiger partial charge on any atom is -0.350 e. The quantitative estimate of drug-likeness (QED) is 0.555. The average molecular weight is 404 g/mol. The molecule has 30 heavy (non-hydrogen) atoms. The molecule has 7 heteroatoms. The first-order valence-corrected chi connectivity index (χ1v) is 9.62. The van der Waals surface area contributed by atoms with Gasteiger partial charge >= 0.3 is 0 Å². The lowest BCUT2D eigenvalue weighted by molar-refractivity contribution is 0.0952. The van der Waals surface area contributed by atoms with Crippen molar-refractivity contribution in [2.45, 2.75) is 20.4 Å². The molecule has 0 unspecified atom stereocenters. The summed E-state index contributed by atoms with van der Waals surface area (Å²) in [6, 6.07) is 13.3. The molecule has 152 valence electrons. The fraction of sp³-hybridized carbons (Fsp3) is 0.174. The number of hydrogen-bond donors (Lipinski definition) is 1. The van der Waals surface area contributed by atoms with Crippen molar-refractivity contribution in [2.24, 2.45) is 0 Å². The maximum Gasteiger partial charge on any atom is 0.276 e. The summed E-state index contributed by atoms with van der Waals surface area (Å²) in [5.74, 6) is -0.494. The molecule has 0 aliphatic heterocycles. The van der Waals surface area contributed by atoms with Gasteiger partial charge in [-0.1, -0.05) is 17.2 Å². The van der Waals surface area contributed by atoms with E-state index in [0.717, 1.165) is 16.7 Å². The normalized spacial score (nSPS) is 11.0. The minimum atomic E-state index is -0.326. The van der Waals surface area contributed by atoms with Crippen molar-refractivity contribution in [2.75, 3.05) is 6.54 Å². The van der Waals surface area contributed by atoms with Crippen LogP contribution in [-0.2, 0) is 6.54 Å². The number of nitrogens with one attached hydrogen (secondary N) is 1. The van der Waals surface area contributed by atoms with Crippen LogP contribution in [0.15, 0.2) is 65.7 Å². The topological polar surface area (TPSA) is 68.4 Å². The first-order valence-electron chi connectivity index (χ1n) is 9.62. The Kier molecular flexibility index (Phi) is 5.18. The van der Waals surface area contributed by atoms with Crippen LogP contribution in [0.1, 0.15) is 21.5 Å². The van der Waals surface area contributed by atoms with Gasteiger partial charge in [0.2, 0.25) is 0 Å². The molecule has 2 heterocycles.